The minimum atomic E-state index is -0.356. The van der Waals surface area contributed by atoms with Gasteiger partial charge in [0.15, 0.2) is 0 Å². The summed E-state index contributed by atoms with van der Waals surface area (Å²) in [5, 5.41) is 12.5. The van der Waals surface area contributed by atoms with Crippen molar-refractivity contribution in [2.75, 3.05) is 12.4 Å². The van der Waals surface area contributed by atoms with Crippen LogP contribution in [0.3, 0.4) is 0 Å². The fraction of sp³-hybridized carbons (Fsp3) is 0.100. The normalized spacial score (nSPS) is 11.2. The summed E-state index contributed by atoms with van der Waals surface area (Å²) in [5.41, 5.74) is 7.51. The van der Waals surface area contributed by atoms with Crippen molar-refractivity contribution in [3.05, 3.63) is 84.9 Å². The molecule has 3 aromatic heterocycles. The van der Waals surface area contributed by atoms with Crippen LogP contribution in [0.4, 0.5) is 10.1 Å². The van der Waals surface area contributed by atoms with Crippen LogP contribution in [0.2, 0.25) is 0 Å². The molecule has 0 saturated heterocycles. The molecule has 0 radical (unpaired) electrons. The summed E-state index contributed by atoms with van der Waals surface area (Å²) in [6.07, 6.45) is 3.80. The molecule has 1 amide bonds. The zero-order valence-corrected chi connectivity index (χ0v) is 20.8. The van der Waals surface area contributed by atoms with Crippen LogP contribution in [-0.2, 0) is 4.79 Å². The quantitative estimate of drug-likeness (QED) is 0.229. The third kappa shape index (κ3) is 4.26. The average Bonchev–Trinajstić information content (AvgIpc) is 3.56. The summed E-state index contributed by atoms with van der Waals surface area (Å²) < 4.78 is 19.5. The van der Waals surface area contributed by atoms with Crippen LogP contribution in [0, 0.1) is 5.82 Å². The van der Waals surface area contributed by atoms with Crippen molar-refractivity contribution in [2.45, 2.75) is 13.3 Å². The number of carbonyl (C=O) groups is 1. The predicted octanol–water partition coefficient (Wildman–Crippen LogP) is 6.94. The van der Waals surface area contributed by atoms with Crippen LogP contribution in [0.5, 0.6) is 5.75 Å². The molecule has 7 nitrogen and oxygen atoms in total. The Hall–Kier alpha value is -4.98. The van der Waals surface area contributed by atoms with E-state index < -0.39 is 0 Å². The maximum absolute atomic E-state index is 14.3. The van der Waals surface area contributed by atoms with Crippen LogP contribution < -0.4 is 10.1 Å². The molecule has 8 heteroatoms. The number of ether oxygens (including phenoxy) is 1. The second-order valence-electron chi connectivity index (χ2n) is 9.03. The Kier molecular flexibility index (Phi) is 5.84. The van der Waals surface area contributed by atoms with Gasteiger partial charge in [-0.05, 0) is 59.2 Å². The molecule has 0 unspecified atom stereocenters. The number of aromatic amines is 2. The number of halogens is 1. The minimum Gasteiger partial charge on any atom is -0.497 e. The van der Waals surface area contributed by atoms with E-state index in [-0.39, 0.29) is 11.7 Å². The average molecular weight is 506 g/mol. The standard InChI is InChI=1S/C30H24FN5O2/c1-3-29(37)33-21-10-19(15-32-16-21)17-7-8-27-25(12-17)30(36-35-27)28-14-24-23(5-4-6-26(24)34-28)18-9-20(31)13-22(11-18)38-2/h4-16,34H,3H2,1-2H3,(H,33,37)(H,35,36). The van der Waals surface area contributed by atoms with Gasteiger partial charge in [-0.25, -0.2) is 4.39 Å². The fourth-order valence-electron chi connectivity index (χ4n) is 4.69. The van der Waals surface area contributed by atoms with Crippen LogP contribution in [0.15, 0.2) is 79.1 Å². The molecule has 0 saturated carbocycles. The summed E-state index contributed by atoms with van der Waals surface area (Å²) in [5.74, 6) is 0.0450. The second-order valence-corrected chi connectivity index (χ2v) is 9.03. The maximum Gasteiger partial charge on any atom is 0.224 e. The molecule has 0 aliphatic rings. The lowest BCUT2D eigenvalue weighted by Crippen LogP contribution is -2.09. The van der Waals surface area contributed by atoms with Gasteiger partial charge in [-0.1, -0.05) is 25.1 Å². The van der Waals surface area contributed by atoms with Crippen LogP contribution in [0.25, 0.3) is 55.4 Å². The number of nitrogens with zero attached hydrogens (tertiary/aromatic N) is 2. The molecular weight excluding hydrogens is 481 g/mol. The Balaban J connectivity index is 1.43. The Morgan fingerprint density at radius 3 is 2.68 bits per heavy atom. The van der Waals surface area contributed by atoms with Gasteiger partial charge in [0.2, 0.25) is 5.91 Å². The highest BCUT2D eigenvalue weighted by molar-refractivity contribution is 6.02. The maximum atomic E-state index is 14.3. The number of pyridine rings is 1. The SMILES string of the molecule is CCC(=O)Nc1cncc(-c2ccc3[nH]nc(-c4cc5c(-c6cc(F)cc(OC)c6)cccc5[nH]4)c3c2)c1. The molecular formula is C30H24FN5O2. The molecule has 3 aromatic carbocycles. The molecule has 0 aliphatic heterocycles. The summed E-state index contributed by atoms with van der Waals surface area (Å²) in [4.78, 5) is 19.6. The van der Waals surface area contributed by atoms with Gasteiger partial charge < -0.3 is 15.0 Å². The summed E-state index contributed by atoms with van der Waals surface area (Å²) in [6.45, 7) is 1.81. The van der Waals surface area contributed by atoms with Gasteiger partial charge in [0.25, 0.3) is 0 Å². The van der Waals surface area contributed by atoms with E-state index in [4.69, 9.17) is 4.74 Å². The highest BCUT2D eigenvalue weighted by atomic mass is 19.1. The molecule has 0 spiro atoms. The Labute approximate surface area is 217 Å². The van der Waals surface area contributed by atoms with Crippen LogP contribution in [0.1, 0.15) is 13.3 Å². The molecule has 0 fully saturated rings. The van der Waals surface area contributed by atoms with Gasteiger partial charge in [0.1, 0.15) is 17.3 Å². The number of hydrogen-bond donors (Lipinski definition) is 3. The monoisotopic (exact) mass is 505 g/mol. The van der Waals surface area contributed by atoms with Crippen molar-refractivity contribution >= 4 is 33.4 Å². The van der Waals surface area contributed by atoms with Crippen molar-refractivity contribution in [3.63, 3.8) is 0 Å². The fourth-order valence-corrected chi connectivity index (χ4v) is 4.69. The zero-order valence-electron chi connectivity index (χ0n) is 20.8. The first-order valence-corrected chi connectivity index (χ1v) is 12.2. The van der Waals surface area contributed by atoms with Gasteiger partial charge in [0.05, 0.1) is 30.2 Å². The summed E-state index contributed by atoms with van der Waals surface area (Å²) in [6, 6.07) is 20.6. The van der Waals surface area contributed by atoms with Crippen molar-refractivity contribution in [3.8, 4) is 39.4 Å². The van der Waals surface area contributed by atoms with Crippen LogP contribution >= 0.6 is 0 Å². The Morgan fingerprint density at radius 2 is 1.84 bits per heavy atom. The lowest BCUT2D eigenvalue weighted by Gasteiger charge is -2.07. The summed E-state index contributed by atoms with van der Waals surface area (Å²) >= 11 is 0. The van der Waals surface area contributed by atoms with E-state index in [0.717, 1.165) is 55.4 Å². The number of methoxy groups -OCH3 is 1. The van der Waals surface area contributed by atoms with E-state index in [2.05, 4.69) is 31.5 Å². The zero-order chi connectivity index (χ0) is 26.2. The third-order valence-electron chi connectivity index (χ3n) is 6.58. The Bertz CT molecular complexity index is 1820. The highest BCUT2D eigenvalue weighted by Crippen LogP contribution is 2.36. The van der Waals surface area contributed by atoms with E-state index in [1.807, 2.05) is 55.5 Å². The van der Waals surface area contributed by atoms with E-state index in [1.165, 1.54) is 19.2 Å². The van der Waals surface area contributed by atoms with Crippen molar-refractivity contribution in [1.29, 1.82) is 0 Å². The molecule has 3 heterocycles. The van der Waals surface area contributed by atoms with E-state index >= 15 is 0 Å². The minimum absolute atomic E-state index is 0.0635. The number of anilines is 1. The molecule has 0 atom stereocenters. The van der Waals surface area contributed by atoms with Gasteiger partial charge in [-0.3, -0.25) is 14.9 Å². The third-order valence-corrected chi connectivity index (χ3v) is 6.58. The smallest absolute Gasteiger partial charge is 0.224 e. The molecule has 188 valence electrons. The number of amides is 1. The molecule has 0 bridgehead atoms. The van der Waals surface area contributed by atoms with Crippen molar-refractivity contribution in [2.24, 2.45) is 0 Å². The lowest BCUT2D eigenvalue weighted by atomic mass is 10.0. The van der Waals surface area contributed by atoms with Crippen LogP contribution in [-0.4, -0.2) is 33.2 Å². The lowest BCUT2D eigenvalue weighted by molar-refractivity contribution is -0.115. The number of rotatable bonds is 6. The van der Waals surface area contributed by atoms with Gasteiger partial charge in [-0.15, -0.1) is 0 Å². The van der Waals surface area contributed by atoms with E-state index in [0.29, 0.717) is 17.9 Å². The molecule has 3 N–H and O–H groups in total. The largest absolute Gasteiger partial charge is 0.497 e. The van der Waals surface area contributed by atoms with E-state index in [9.17, 15) is 9.18 Å². The van der Waals surface area contributed by atoms with Gasteiger partial charge in [0, 0.05) is 40.5 Å². The number of benzene rings is 3. The van der Waals surface area contributed by atoms with Gasteiger partial charge >= 0.3 is 0 Å². The van der Waals surface area contributed by atoms with E-state index in [1.54, 1.807) is 12.4 Å². The number of hydrogen-bond acceptors (Lipinski definition) is 4. The first kappa shape index (κ1) is 23.4. The molecule has 6 rings (SSSR count). The van der Waals surface area contributed by atoms with Crippen molar-refractivity contribution in [1.82, 2.24) is 20.2 Å². The number of H-pyrrole nitrogens is 2. The topological polar surface area (TPSA) is 95.7 Å². The first-order valence-electron chi connectivity index (χ1n) is 12.2. The number of carbonyl (C=O) groups excluding carboxylic acids is 1. The molecule has 38 heavy (non-hydrogen) atoms. The molecule has 6 aromatic rings. The van der Waals surface area contributed by atoms with Crippen molar-refractivity contribution < 1.29 is 13.9 Å². The second kappa shape index (κ2) is 9.48. The highest BCUT2D eigenvalue weighted by Gasteiger charge is 2.15. The summed E-state index contributed by atoms with van der Waals surface area (Å²) in [7, 11) is 1.53. The predicted molar refractivity (Wildman–Crippen MR) is 147 cm³/mol. The number of nitrogens with one attached hydrogen (secondary N) is 3. The number of fused-ring (bicyclic) bond motifs is 2. The Morgan fingerprint density at radius 1 is 0.947 bits per heavy atom. The van der Waals surface area contributed by atoms with Gasteiger partial charge in [-0.2, -0.15) is 5.10 Å². The number of aromatic nitrogens is 4. The molecule has 0 aliphatic carbocycles. The first-order chi connectivity index (χ1) is 18.5.